The van der Waals surface area contributed by atoms with Gasteiger partial charge in [-0.2, -0.15) is 8.75 Å². The van der Waals surface area contributed by atoms with Crippen LogP contribution in [0.1, 0.15) is 0 Å². The van der Waals surface area contributed by atoms with Gasteiger partial charge in [0.2, 0.25) is 0 Å². The average molecular weight is 415 g/mol. The van der Waals surface area contributed by atoms with Crippen molar-refractivity contribution >= 4 is 61.4 Å². The normalized spacial score (nSPS) is 11.4. The van der Waals surface area contributed by atoms with Gasteiger partial charge in [-0.15, -0.1) is 22.7 Å². The molecule has 0 N–H and O–H groups in total. The summed E-state index contributed by atoms with van der Waals surface area (Å²) in [5, 5.41) is 1.82. The predicted octanol–water partition coefficient (Wildman–Crippen LogP) is 6.19. The molecular formula is C14H5BrF2N2S3. The van der Waals surface area contributed by atoms with Gasteiger partial charge in [0.15, 0.2) is 11.6 Å². The first-order valence-electron chi connectivity index (χ1n) is 6.09. The van der Waals surface area contributed by atoms with Crippen molar-refractivity contribution in [2.45, 2.75) is 0 Å². The third kappa shape index (κ3) is 2.13. The van der Waals surface area contributed by atoms with E-state index in [1.807, 2.05) is 5.38 Å². The van der Waals surface area contributed by atoms with E-state index in [4.69, 9.17) is 0 Å². The fraction of sp³-hybridized carbons (Fsp3) is 0. The van der Waals surface area contributed by atoms with Gasteiger partial charge in [0.05, 0.1) is 26.6 Å². The number of nitrogens with zero attached hydrogens (tertiary/aromatic N) is 2. The van der Waals surface area contributed by atoms with E-state index in [9.17, 15) is 8.78 Å². The van der Waals surface area contributed by atoms with Crippen molar-refractivity contribution in [2.75, 3.05) is 0 Å². The van der Waals surface area contributed by atoms with Crippen molar-refractivity contribution in [3.8, 4) is 20.9 Å². The van der Waals surface area contributed by atoms with Gasteiger partial charge < -0.3 is 0 Å². The Kier molecular flexibility index (Phi) is 3.56. The Labute approximate surface area is 144 Å². The van der Waals surface area contributed by atoms with Crippen LogP contribution in [0.3, 0.4) is 0 Å². The maximum absolute atomic E-state index is 14.7. The number of rotatable bonds is 2. The van der Waals surface area contributed by atoms with Gasteiger partial charge in [-0.25, -0.2) is 8.78 Å². The summed E-state index contributed by atoms with van der Waals surface area (Å²) in [5.74, 6) is -1.75. The summed E-state index contributed by atoms with van der Waals surface area (Å²) in [4.78, 5) is 1.27. The van der Waals surface area contributed by atoms with Gasteiger partial charge in [0, 0.05) is 9.75 Å². The van der Waals surface area contributed by atoms with E-state index in [1.54, 1.807) is 24.3 Å². The second-order valence-electron chi connectivity index (χ2n) is 4.42. The molecule has 4 rings (SSSR count). The maximum atomic E-state index is 14.7. The fourth-order valence-electron chi connectivity index (χ4n) is 2.26. The van der Waals surface area contributed by atoms with Gasteiger partial charge >= 0.3 is 0 Å². The van der Waals surface area contributed by atoms with Crippen LogP contribution in [0.15, 0.2) is 33.4 Å². The van der Waals surface area contributed by atoms with E-state index in [2.05, 4.69) is 24.7 Å². The van der Waals surface area contributed by atoms with Gasteiger partial charge in [-0.05, 0) is 39.5 Å². The molecule has 0 saturated heterocycles. The zero-order valence-electron chi connectivity index (χ0n) is 10.6. The van der Waals surface area contributed by atoms with E-state index < -0.39 is 11.6 Å². The summed E-state index contributed by atoms with van der Waals surface area (Å²) >= 11 is 6.99. The van der Waals surface area contributed by atoms with Crippen LogP contribution in [-0.4, -0.2) is 8.75 Å². The molecule has 0 aliphatic carbocycles. The molecule has 4 aromatic rings. The molecule has 0 saturated carbocycles. The molecule has 0 atom stereocenters. The highest BCUT2D eigenvalue weighted by Crippen LogP contribution is 2.43. The standard InChI is InChI=1S/C14H5BrF2N2S3/c15-8-4-3-7(21-8)10-12(17)11(16)9(6-2-1-5-20-6)13-14(10)19-22-18-13/h1-5H. The highest BCUT2D eigenvalue weighted by Gasteiger charge is 2.25. The lowest BCUT2D eigenvalue weighted by molar-refractivity contribution is 0.516. The molecule has 0 unspecified atom stereocenters. The average Bonchev–Trinajstić information content (AvgIpc) is 3.22. The Morgan fingerprint density at radius 1 is 0.909 bits per heavy atom. The first kappa shape index (κ1) is 14.4. The quantitative estimate of drug-likeness (QED) is 0.390. The number of aromatic nitrogens is 2. The minimum Gasteiger partial charge on any atom is -0.203 e. The zero-order valence-corrected chi connectivity index (χ0v) is 14.7. The van der Waals surface area contributed by atoms with E-state index in [0.29, 0.717) is 20.8 Å². The van der Waals surface area contributed by atoms with Crippen LogP contribution in [-0.2, 0) is 0 Å². The summed E-state index contributed by atoms with van der Waals surface area (Å²) in [7, 11) is 0. The van der Waals surface area contributed by atoms with Crippen molar-refractivity contribution in [1.82, 2.24) is 8.75 Å². The SMILES string of the molecule is Fc1c(F)c(-c2ccc(Br)s2)c2nsnc2c1-c1cccs1. The number of hydrogen-bond donors (Lipinski definition) is 0. The Balaban J connectivity index is 2.11. The molecule has 110 valence electrons. The van der Waals surface area contributed by atoms with Crippen molar-refractivity contribution in [2.24, 2.45) is 0 Å². The third-order valence-corrected chi connectivity index (χ3v) is 6.24. The highest BCUT2D eigenvalue weighted by atomic mass is 79.9. The Morgan fingerprint density at radius 3 is 2.14 bits per heavy atom. The molecular weight excluding hydrogens is 410 g/mol. The molecule has 0 aliphatic heterocycles. The van der Waals surface area contributed by atoms with Crippen LogP contribution in [0.4, 0.5) is 8.78 Å². The van der Waals surface area contributed by atoms with Crippen LogP contribution in [0.2, 0.25) is 0 Å². The second-order valence-corrected chi connectivity index (χ2v) is 8.36. The molecule has 0 aliphatic rings. The number of fused-ring (bicyclic) bond motifs is 1. The highest BCUT2D eigenvalue weighted by molar-refractivity contribution is 9.11. The van der Waals surface area contributed by atoms with Crippen molar-refractivity contribution in [3.63, 3.8) is 0 Å². The monoisotopic (exact) mass is 414 g/mol. The molecule has 0 spiro atoms. The number of thiophene rings is 2. The fourth-order valence-corrected chi connectivity index (χ4v) is 5.01. The summed E-state index contributed by atoms with van der Waals surface area (Å²) in [6, 6.07) is 7.10. The predicted molar refractivity (Wildman–Crippen MR) is 91.7 cm³/mol. The number of halogens is 3. The third-order valence-electron chi connectivity index (χ3n) is 3.18. The lowest BCUT2D eigenvalue weighted by atomic mass is 10.0. The summed E-state index contributed by atoms with van der Waals surface area (Å²) < 4.78 is 38.6. The van der Waals surface area contributed by atoms with Gasteiger partial charge in [-0.1, -0.05) is 6.07 Å². The van der Waals surface area contributed by atoms with Crippen molar-refractivity contribution in [1.29, 1.82) is 0 Å². The van der Waals surface area contributed by atoms with E-state index >= 15 is 0 Å². The molecule has 1 aromatic carbocycles. The summed E-state index contributed by atoms with van der Waals surface area (Å²) in [6.07, 6.45) is 0. The lowest BCUT2D eigenvalue weighted by Crippen LogP contribution is -1.95. The topological polar surface area (TPSA) is 25.8 Å². The van der Waals surface area contributed by atoms with Crippen LogP contribution in [0.5, 0.6) is 0 Å². The van der Waals surface area contributed by atoms with E-state index in [-0.39, 0.29) is 11.1 Å². The second kappa shape index (κ2) is 5.45. The van der Waals surface area contributed by atoms with E-state index in [0.717, 1.165) is 15.5 Å². The Hall–Kier alpha value is -1.22. The number of benzene rings is 1. The first-order valence-corrected chi connectivity index (χ1v) is 9.31. The number of hydrogen-bond acceptors (Lipinski definition) is 5. The van der Waals surface area contributed by atoms with Crippen LogP contribution in [0.25, 0.3) is 31.9 Å². The molecule has 0 amide bonds. The molecule has 0 fully saturated rings. The van der Waals surface area contributed by atoms with Gasteiger partial charge in [-0.3, -0.25) is 0 Å². The largest absolute Gasteiger partial charge is 0.203 e. The zero-order chi connectivity index (χ0) is 15.3. The first-order chi connectivity index (χ1) is 10.7. The molecule has 3 aromatic heterocycles. The molecule has 22 heavy (non-hydrogen) atoms. The Morgan fingerprint density at radius 2 is 1.59 bits per heavy atom. The van der Waals surface area contributed by atoms with Crippen molar-refractivity contribution < 1.29 is 8.78 Å². The minimum atomic E-state index is -0.877. The van der Waals surface area contributed by atoms with Crippen LogP contribution < -0.4 is 0 Å². The van der Waals surface area contributed by atoms with Crippen molar-refractivity contribution in [3.05, 3.63) is 45.1 Å². The van der Waals surface area contributed by atoms with Crippen LogP contribution >= 0.6 is 50.3 Å². The molecule has 3 heterocycles. The summed E-state index contributed by atoms with van der Waals surface area (Å²) in [5.41, 5.74) is 1.18. The van der Waals surface area contributed by atoms with Crippen LogP contribution in [0, 0.1) is 11.6 Å². The molecule has 0 radical (unpaired) electrons. The molecule has 2 nitrogen and oxygen atoms in total. The van der Waals surface area contributed by atoms with Gasteiger partial charge in [0.1, 0.15) is 11.0 Å². The minimum absolute atomic E-state index is 0.178. The van der Waals surface area contributed by atoms with E-state index in [1.165, 1.54) is 22.7 Å². The maximum Gasteiger partial charge on any atom is 0.170 e. The molecule has 8 heteroatoms. The smallest absolute Gasteiger partial charge is 0.170 e. The molecule has 0 bridgehead atoms. The summed E-state index contributed by atoms with van der Waals surface area (Å²) in [6.45, 7) is 0. The van der Waals surface area contributed by atoms with Gasteiger partial charge in [0.25, 0.3) is 0 Å². The lowest BCUT2D eigenvalue weighted by Gasteiger charge is -2.07. The Bertz CT molecular complexity index is 976.